The van der Waals surface area contributed by atoms with Crippen molar-refractivity contribution in [1.29, 1.82) is 5.26 Å². The van der Waals surface area contributed by atoms with E-state index in [4.69, 9.17) is 9.68 Å². The lowest BCUT2D eigenvalue weighted by atomic mass is 10.4. The minimum Gasteiger partial charge on any atom is -0.441 e. The van der Waals surface area contributed by atoms with Crippen LogP contribution in [0.4, 0.5) is 0 Å². The number of nitriles is 1. The molecule has 0 saturated heterocycles. The van der Waals surface area contributed by atoms with E-state index >= 15 is 0 Å². The van der Waals surface area contributed by atoms with Gasteiger partial charge >= 0.3 is 0 Å². The number of thiophene rings is 1. The van der Waals surface area contributed by atoms with Gasteiger partial charge in [-0.3, -0.25) is 0 Å². The first-order valence-corrected chi connectivity index (χ1v) is 3.50. The number of hydrogen-bond acceptors (Lipinski definition) is 4. The largest absolute Gasteiger partial charge is 0.441 e. The first kappa shape index (κ1) is 5.45. The summed E-state index contributed by atoms with van der Waals surface area (Å²) in [4.78, 5) is 4.68. The molecule has 2 aromatic heterocycles. The zero-order chi connectivity index (χ0) is 6.97. The molecule has 48 valence electrons. The van der Waals surface area contributed by atoms with Gasteiger partial charge in [-0.1, -0.05) is 0 Å². The van der Waals surface area contributed by atoms with Gasteiger partial charge in [-0.15, -0.1) is 11.3 Å². The predicted octanol–water partition coefficient (Wildman–Crippen LogP) is 1.76. The number of rotatable bonds is 0. The van der Waals surface area contributed by atoms with Gasteiger partial charge in [-0.25, -0.2) is 4.98 Å². The monoisotopic (exact) mass is 150 g/mol. The third kappa shape index (κ3) is 0.552. The van der Waals surface area contributed by atoms with E-state index in [2.05, 4.69) is 4.98 Å². The van der Waals surface area contributed by atoms with E-state index in [0.29, 0.717) is 11.1 Å². The number of fused-ring (bicyclic) bond motifs is 1. The second kappa shape index (κ2) is 1.82. The molecule has 0 aromatic carbocycles. The molecule has 0 bridgehead atoms. The van der Waals surface area contributed by atoms with E-state index in [1.807, 2.05) is 6.07 Å². The highest BCUT2D eigenvalue weighted by atomic mass is 32.1. The summed E-state index contributed by atoms with van der Waals surface area (Å²) >= 11 is 1.42. The molecule has 0 radical (unpaired) electrons. The second-order valence-corrected chi connectivity index (χ2v) is 2.61. The molecule has 0 atom stereocenters. The Kier molecular flexibility index (Phi) is 0.992. The first-order valence-electron chi connectivity index (χ1n) is 2.62. The van der Waals surface area contributed by atoms with Crippen LogP contribution < -0.4 is 0 Å². The number of hydrogen-bond donors (Lipinski definition) is 0. The van der Waals surface area contributed by atoms with Crippen molar-refractivity contribution in [1.82, 2.24) is 4.98 Å². The Hall–Kier alpha value is -1.34. The van der Waals surface area contributed by atoms with Crippen LogP contribution in [0.1, 0.15) is 5.56 Å². The molecule has 0 aliphatic rings. The Labute approximate surface area is 60.5 Å². The van der Waals surface area contributed by atoms with Crippen LogP contribution in [0.5, 0.6) is 0 Å². The molecule has 0 unspecified atom stereocenters. The van der Waals surface area contributed by atoms with E-state index in [9.17, 15) is 0 Å². The van der Waals surface area contributed by atoms with Gasteiger partial charge in [0.25, 0.3) is 0 Å². The van der Waals surface area contributed by atoms with Gasteiger partial charge in [-0.2, -0.15) is 5.26 Å². The van der Waals surface area contributed by atoms with Gasteiger partial charge in [0.1, 0.15) is 11.6 Å². The maximum absolute atomic E-state index is 8.51. The predicted molar refractivity (Wildman–Crippen MR) is 36.6 cm³/mol. The van der Waals surface area contributed by atoms with Gasteiger partial charge in [0, 0.05) is 5.38 Å². The van der Waals surface area contributed by atoms with E-state index in [-0.39, 0.29) is 0 Å². The van der Waals surface area contributed by atoms with Gasteiger partial charge < -0.3 is 4.42 Å². The summed E-state index contributed by atoms with van der Waals surface area (Å²) in [5.74, 6) is 0. The van der Waals surface area contributed by atoms with Crippen LogP contribution in [0, 0.1) is 11.3 Å². The van der Waals surface area contributed by atoms with Crippen molar-refractivity contribution in [3.63, 3.8) is 0 Å². The standard InChI is InChI=1S/C6H2N2OS/c7-1-4-2-10-6-5(4)9-3-8-6/h2-3H. The third-order valence-electron chi connectivity index (χ3n) is 1.19. The average molecular weight is 150 g/mol. The number of oxazole rings is 1. The van der Waals surface area contributed by atoms with E-state index in [0.717, 1.165) is 4.83 Å². The van der Waals surface area contributed by atoms with Gasteiger partial charge in [-0.05, 0) is 0 Å². The Morgan fingerprint density at radius 1 is 1.70 bits per heavy atom. The summed E-state index contributed by atoms with van der Waals surface area (Å²) in [7, 11) is 0. The van der Waals surface area contributed by atoms with Gasteiger partial charge in [0.2, 0.25) is 0 Å². The van der Waals surface area contributed by atoms with Crippen LogP contribution in [-0.4, -0.2) is 4.98 Å². The van der Waals surface area contributed by atoms with Crippen LogP contribution in [-0.2, 0) is 0 Å². The third-order valence-corrected chi connectivity index (χ3v) is 2.06. The first-order chi connectivity index (χ1) is 4.92. The lowest BCUT2D eigenvalue weighted by Crippen LogP contribution is -1.60. The van der Waals surface area contributed by atoms with Crippen molar-refractivity contribution in [2.45, 2.75) is 0 Å². The van der Waals surface area contributed by atoms with Crippen LogP contribution in [0.15, 0.2) is 16.2 Å². The van der Waals surface area contributed by atoms with Crippen molar-refractivity contribution >= 4 is 21.8 Å². The molecule has 4 heteroatoms. The molecule has 2 aromatic rings. The summed E-state index contributed by atoms with van der Waals surface area (Å²) in [6, 6.07) is 2.01. The minimum absolute atomic E-state index is 0.567. The molecule has 3 nitrogen and oxygen atoms in total. The van der Waals surface area contributed by atoms with Crippen molar-refractivity contribution in [3.8, 4) is 6.07 Å². The lowest BCUT2D eigenvalue weighted by Gasteiger charge is -1.71. The maximum Gasteiger partial charge on any atom is 0.183 e. The van der Waals surface area contributed by atoms with Crippen molar-refractivity contribution < 1.29 is 4.42 Å². The van der Waals surface area contributed by atoms with E-state index in [1.165, 1.54) is 17.7 Å². The summed E-state index contributed by atoms with van der Waals surface area (Å²) < 4.78 is 4.96. The Balaban J connectivity index is 2.92. The SMILES string of the molecule is N#Cc1csc2ncoc12. The molecule has 0 aliphatic carbocycles. The van der Waals surface area contributed by atoms with Crippen LogP contribution >= 0.6 is 11.3 Å². The molecule has 0 amide bonds. The highest BCUT2D eigenvalue weighted by Gasteiger charge is 2.05. The molecular weight excluding hydrogens is 148 g/mol. The van der Waals surface area contributed by atoms with E-state index < -0.39 is 0 Å². The summed E-state index contributed by atoms with van der Waals surface area (Å²) in [6.45, 7) is 0. The number of nitrogens with zero attached hydrogens (tertiary/aromatic N) is 2. The van der Waals surface area contributed by atoms with Gasteiger partial charge in [0.15, 0.2) is 16.8 Å². The summed E-state index contributed by atoms with van der Waals surface area (Å²) in [5, 5.41) is 10.2. The smallest absolute Gasteiger partial charge is 0.183 e. The second-order valence-electron chi connectivity index (χ2n) is 1.75. The topological polar surface area (TPSA) is 49.8 Å². The quantitative estimate of drug-likeness (QED) is 0.575. The van der Waals surface area contributed by atoms with Crippen molar-refractivity contribution in [2.24, 2.45) is 0 Å². The average Bonchev–Trinajstić information content (AvgIpc) is 2.44. The molecule has 2 rings (SSSR count). The molecule has 2 heterocycles. The Bertz CT molecular complexity index is 395. The molecule has 0 spiro atoms. The zero-order valence-electron chi connectivity index (χ0n) is 4.87. The molecule has 0 saturated carbocycles. The Morgan fingerprint density at radius 2 is 2.60 bits per heavy atom. The molecule has 0 aliphatic heterocycles. The highest BCUT2D eigenvalue weighted by molar-refractivity contribution is 7.16. The fourth-order valence-corrected chi connectivity index (χ4v) is 1.50. The molecule has 10 heavy (non-hydrogen) atoms. The zero-order valence-corrected chi connectivity index (χ0v) is 5.68. The van der Waals surface area contributed by atoms with Crippen LogP contribution in [0.25, 0.3) is 10.4 Å². The molecular formula is C6H2N2OS. The lowest BCUT2D eigenvalue weighted by molar-refractivity contribution is 0.601. The van der Waals surface area contributed by atoms with Gasteiger partial charge in [0.05, 0.1) is 0 Å². The van der Waals surface area contributed by atoms with Crippen molar-refractivity contribution in [2.75, 3.05) is 0 Å². The maximum atomic E-state index is 8.51. The minimum atomic E-state index is 0.567. The number of aromatic nitrogens is 1. The van der Waals surface area contributed by atoms with Crippen LogP contribution in [0.3, 0.4) is 0 Å². The van der Waals surface area contributed by atoms with Crippen LogP contribution in [0.2, 0.25) is 0 Å². The molecule has 0 N–H and O–H groups in total. The fourth-order valence-electron chi connectivity index (χ4n) is 0.744. The normalized spacial score (nSPS) is 9.90. The fraction of sp³-hybridized carbons (Fsp3) is 0. The molecule has 0 fully saturated rings. The van der Waals surface area contributed by atoms with E-state index in [1.54, 1.807) is 5.38 Å². The van der Waals surface area contributed by atoms with Crippen molar-refractivity contribution in [3.05, 3.63) is 17.3 Å². The highest BCUT2D eigenvalue weighted by Crippen LogP contribution is 2.23. The summed E-state index contributed by atoms with van der Waals surface area (Å²) in [5.41, 5.74) is 1.17. The summed E-state index contributed by atoms with van der Waals surface area (Å²) in [6.07, 6.45) is 1.35. The Morgan fingerprint density at radius 3 is 3.40 bits per heavy atom.